The Labute approximate surface area is 126 Å². The first-order valence-corrected chi connectivity index (χ1v) is 7.72. The van der Waals surface area contributed by atoms with Crippen LogP contribution in [0.4, 0.5) is 5.69 Å². The van der Waals surface area contributed by atoms with Gasteiger partial charge in [-0.25, -0.2) is 4.98 Å². The molecule has 0 saturated carbocycles. The number of nitrogens with two attached hydrogens (primary N) is 1. The van der Waals surface area contributed by atoms with E-state index in [4.69, 9.17) is 10.7 Å². The second-order valence-corrected chi connectivity index (χ2v) is 6.37. The monoisotopic (exact) mass is 287 g/mol. The molecule has 0 radical (unpaired) electrons. The van der Waals surface area contributed by atoms with Crippen LogP contribution in [0.5, 0.6) is 0 Å². The van der Waals surface area contributed by atoms with E-state index >= 15 is 0 Å². The van der Waals surface area contributed by atoms with Crippen LogP contribution in [-0.4, -0.2) is 52.4 Å². The van der Waals surface area contributed by atoms with Gasteiger partial charge < -0.3 is 15.0 Å². The highest BCUT2D eigenvalue weighted by atomic mass is 15.3. The van der Waals surface area contributed by atoms with Gasteiger partial charge in [0.05, 0.1) is 11.4 Å². The predicted octanol–water partition coefficient (Wildman–Crippen LogP) is 1.79. The molecule has 3 rings (SSSR count). The van der Waals surface area contributed by atoms with E-state index in [1.165, 1.54) is 11.4 Å². The molecule has 0 aromatic carbocycles. The van der Waals surface area contributed by atoms with E-state index in [9.17, 15) is 0 Å². The lowest BCUT2D eigenvalue weighted by Crippen LogP contribution is -2.44. The Hall–Kier alpha value is -1.59. The molecule has 0 spiro atoms. The predicted molar refractivity (Wildman–Crippen MR) is 86.5 cm³/mol. The van der Waals surface area contributed by atoms with Gasteiger partial charge in [0.2, 0.25) is 0 Å². The van der Waals surface area contributed by atoms with Gasteiger partial charge in [-0.05, 0) is 25.1 Å². The van der Waals surface area contributed by atoms with E-state index in [0.29, 0.717) is 5.92 Å². The molecule has 1 aliphatic rings. The SMILES string of the molecule is CC(C)c1nc2ccc(N)cn2c1CN1CCN(C)CC1. The summed E-state index contributed by atoms with van der Waals surface area (Å²) >= 11 is 0. The van der Waals surface area contributed by atoms with Gasteiger partial charge in [-0.3, -0.25) is 4.90 Å². The normalized spacial score (nSPS) is 17.9. The second kappa shape index (κ2) is 5.66. The van der Waals surface area contributed by atoms with Gasteiger partial charge in [0.25, 0.3) is 0 Å². The molecule has 1 fully saturated rings. The van der Waals surface area contributed by atoms with Crippen LogP contribution in [0.2, 0.25) is 0 Å². The van der Waals surface area contributed by atoms with Crippen molar-refractivity contribution in [3.63, 3.8) is 0 Å². The van der Waals surface area contributed by atoms with Crippen LogP contribution >= 0.6 is 0 Å². The van der Waals surface area contributed by atoms with Crippen molar-refractivity contribution >= 4 is 11.3 Å². The number of pyridine rings is 1. The third kappa shape index (κ3) is 2.89. The number of hydrogen-bond donors (Lipinski definition) is 1. The van der Waals surface area contributed by atoms with Crippen molar-refractivity contribution in [3.05, 3.63) is 29.7 Å². The number of aromatic nitrogens is 2. The van der Waals surface area contributed by atoms with Crippen molar-refractivity contribution in [1.29, 1.82) is 0 Å². The van der Waals surface area contributed by atoms with E-state index in [0.717, 1.165) is 44.1 Å². The van der Waals surface area contributed by atoms with Gasteiger partial charge in [0, 0.05) is 44.6 Å². The molecule has 0 atom stereocenters. The van der Waals surface area contributed by atoms with Gasteiger partial charge in [-0.1, -0.05) is 13.8 Å². The molecule has 5 heteroatoms. The maximum atomic E-state index is 5.96. The molecule has 0 amide bonds. The van der Waals surface area contributed by atoms with E-state index in [1.54, 1.807) is 0 Å². The molecule has 0 aliphatic carbocycles. The molecule has 2 aromatic rings. The van der Waals surface area contributed by atoms with Crippen molar-refractivity contribution < 1.29 is 0 Å². The third-order valence-electron chi connectivity index (χ3n) is 4.29. The topological polar surface area (TPSA) is 49.8 Å². The number of nitrogen functional groups attached to an aromatic ring is 1. The average Bonchev–Trinajstić information content (AvgIpc) is 2.80. The van der Waals surface area contributed by atoms with Gasteiger partial charge in [-0.15, -0.1) is 0 Å². The fraction of sp³-hybridized carbons (Fsp3) is 0.562. The summed E-state index contributed by atoms with van der Waals surface area (Å²) in [6.45, 7) is 9.86. The lowest BCUT2D eigenvalue weighted by atomic mass is 10.1. The lowest BCUT2D eigenvalue weighted by Gasteiger charge is -2.32. The first-order chi connectivity index (χ1) is 10.0. The number of piperazine rings is 1. The molecule has 3 heterocycles. The van der Waals surface area contributed by atoms with Gasteiger partial charge in [0.15, 0.2) is 0 Å². The Bertz CT molecular complexity index is 623. The van der Waals surface area contributed by atoms with Gasteiger partial charge in [0.1, 0.15) is 5.65 Å². The van der Waals surface area contributed by atoms with Crippen molar-refractivity contribution in [1.82, 2.24) is 19.2 Å². The Morgan fingerprint density at radius 2 is 1.90 bits per heavy atom. The quantitative estimate of drug-likeness (QED) is 0.935. The highest BCUT2D eigenvalue weighted by molar-refractivity contribution is 5.50. The standard InChI is InChI=1S/C16H25N5/c1-12(2)16-14(11-20-8-6-19(3)7-9-20)21-10-13(17)4-5-15(21)18-16/h4-5,10,12H,6-9,11,17H2,1-3H3. The van der Waals surface area contributed by atoms with Gasteiger partial charge >= 0.3 is 0 Å². The van der Waals surface area contributed by atoms with Crippen molar-refractivity contribution in [2.75, 3.05) is 39.0 Å². The third-order valence-corrected chi connectivity index (χ3v) is 4.29. The zero-order chi connectivity index (χ0) is 15.0. The smallest absolute Gasteiger partial charge is 0.137 e. The summed E-state index contributed by atoms with van der Waals surface area (Å²) in [5.41, 5.74) is 10.2. The number of imidazole rings is 1. The number of likely N-dealkylation sites (N-methyl/N-ethyl adjacent to an activating group) is 1. The lowest BCUT2D eigenvalue weighted by molar-refractivity contribution is 0.146. The van der Waals surface area contributed by atoms with Crippen molar-refractivity contribution in [2.24, 2.45) is 0 Å². The van der Waals surface area contributed by atoms with Crippen molar-refractivity contribution in [2.45, 2.75) is 26.3 Å². The maximum Gasteiger partial charge on any atom is 0.137 e. The number of nitrogens with zero attached hydrogens (tertiary/aromatic N) is 4. The maximum absolute atomic E-state index is 5.96. The molecule has 5 nitrogen and oxygen atoms in total. The molecule has 0 unspecified atom stereocenters. The first kappa shape index (κ1) is 14.4. The largest absolute Gasteiger partial charge is 0.398 e. The summed E-state index contributed by atoms with van der Waals surface area (Å²) in [5.74, 6) is 0.425. The Balaban J connectivity index is 1.95. The minimum Gasteiger partial charge on any atom is -0.398 e. The fourth-order valence-corrected chi connectivity index (χ4v) is 2.97. The van der Waals surface area contributed by atoms with Crippen LogP contribution < -0.4 is 5.73 Å². The van der Waals surface area contributed by atoms with Crippen LogP contribution in [0.15, 0.2) is 18.3 Å². The summed E-state index contributed by atoms with van der Waals surface area (Å²) in [6, 6.07) is 3.93. The molecule has 21 heavy (non-hydrogen) atoms. The first-order valence-electron chi connectivity index (χ1n) is 7.72. The van der Waals surface area contributed by atoms with Crippen LogP contribution in [-0.2, 0) is 6.54 Å². The van der Waals surface area contributed by atoms with Crippen LogP contribution in [0.25, 0.3) is 5.65 Å². The van der Waals surface area contributed by atoms with E-state index in [2.05, 4.69) is 35.1 Å². The van der Waals surface area contributed by atoms with Crippen LogP contribution in [0, 0.1) is 0 Å². The summed E-state index contributed by atoms with van der Waals surface area (Å²) in [7, 11) is 2.19. The summed E-state index contributed by atoms with van der Waals surface area (Å²) < 4.78 is 2.17. The summed E-state index contributed by atoms with van der Waals surface area (Å²) in [5, 5.41) is 0. The molecule has 1 saturated heterocycles. The number of anilines is 1. The molecule has 2 N–H and O–H groups in total. The zero-order valence-electron chi connectivity index (χ0n) is 13.2. The molecular formula is C16H25N5. The Morgan fingerprint density at radius 3 is 2.57 bits per heavy atom. The molecule has 114 valence electrons. The highest BCUT2D eigenvalue weighted by Gasteiger charge is 2.20. The van der Waals surface area contributed by atoms with E-state index in [1.807, 2.05) is 18.3 Å². The minimum atomic E-state index is 0.425. The molecule has 1 aliphatic heterocycles. The zero-order valence-corrected chi connectivity index (χ0v) is 13.2. The van der Waals surface area contributed by atoms with Crippen LogP contribution in [0.1, 0.15) is 31.2 Å². The second-order valence-electron chi connectivity index (χ2n) is 6.37. The Kier molecular flexibility index (Phi) is 3.87. The van der Waals surface area contributed by atoms with Crippen LogP contribution in [0.3, 0.4) is 0 Å². The van der Waals surface area contributed by atoms with Crippen molar-refractivity contribution in [3.8, 4) is 0 Å². The fourth-order valence-electron chi connectivity index (χ4n) is 2.97. The summed E-state index contributed by atoms with van der Waals surface area (Å²) in [6.07, 6.45) is 2.00. The van der Waals surface area contributed by atoms with Gasteiger partial charge in [-0.2, -0.15) is 0 Å². The molecule has 0 bridgehead atoms. The minimum absolute atomic E-state index is 0.425. The molecule has 2 aromatic heterocycles. The Morgan fingerprint density at radius 1 is 1.19 bits per heavy atom. The number of hydrogen-bond acceptors (Lipinski definition) is 4. The van der Waals surface area contributed by atoms with E-state index < -0.39 is 0 Å². The number of rotatable bonds is 3. The summed E-state index contributed by atoms with van der Waals surface area (Å²) in [4.78, 5) is 9.70. The highest BCUT2D eigenvalue weighted by Crippen LogP contribution is 2.23. The van der Waals surface area contributed by atoms with E-state index in [-0.39, 0.29) is 0 Å². The number of fused-ring (bicyclic) bond motifs is 1. The molecular weight excluding hydrogens is 262 g/mol. The average molecular weight is 287 g/mol.